The maximum atomic E-state index is 13.7. The molecule has 0 aliphatic carbocycles. The van der Waals surface area contributed by atoms with Gasteiger partial charge in [0.2, 0.25) is 11.9 Å². The standard InChI is InChI=1S/C22H22N8O3S/c1-13(31)25-15-6-8-17(9-7-15)34(32,33)30-12-16(10-14-4-2-3-5-19(14)30)26-20-18-11-24-29-21(18)28-22(23)27-20/h2-9,11,16H,10,12H2,1H3,(H,25,31)(H4,23,24,26,27,28,29). The number of carbonyl (C=O) groups excluding carboxylic acids is 1. The van der Waals surface area contributed by atoms with Crippen LogP contribution in [-0.4, -0.2) is 47.1 Å². The molecule has 0 radical (unpaired) electrons. The van der Waals surface area contributed by atoms with Gasteiger partial charge in [-0.25, -0.2) is 8.42 Å². The lowest BCUT2D eigenvalue weighted by atomic mass is 9.99. The number of nitrogens with zero attached hydrogens (tertiary/aromatic N) is 4. The predicted molar refractivity (Wildman–Crippen MR) is 129 cm³/mol. The minimum Gasteiger partial charge on any atom is -0.368 e. The Morgan fingerprint density at radius 2 is 1.91 bits per heavy atom. The first kappa shape index (κ1) is 21.6. The molecular formula is C22H22N8O3S. The summed E-state index contributed by atoms with van der Waals surface area (Å²) in [6.45, 7) is 1.57. The zero-order valence-corrected chi connectivity index (χ0v) is 19.0. The van der Waals surface area contributed by atoms with E-state index in [4.69, 9.17) is 5.73 Å². The Morgan fingerprint density at radius 1 is 1.15 bits per heavy atom. The molecule has 34 heavy (non-hydrogen) atoms. The minimum absolute atomic E-state index is 0.0826. The Hall–Kier alpha value is -4.19. The number of nitrogens with two attached hydrogens (primary N) is 1. The summed E-state index contributed by atoms with van der Waals surface area (Å²) in [5, 5.41) is 13.4. The van der Waals surface area contributed by atoms with Gasteiger partial charge in [0.25, 0.3) is 10.0 Å². The average molecular weight is 479 g/mol. The number of benzene rings is 2. The number of aromatic nitrogens is 4. The molecule has 12 heteroatoms. The van der Waals surface area contributed by atoms with Gasteiger partial charge in [-0.05, 0) is 42.3 Å². The van der Waals surface area contributed by atoms with E-state index >= 15 is 0 Å². The van der Waals surface area contributed by atoms with Gasteiger partial charge in [-0.3, -0.25) is 14.2 Å². The fourth-order valence-electron chi connectivity index (χ4n) is 4.08. The topological polar surface area (TPSA) is 159 Å². The Kier molecular flexibility index (Phi) is 5.28. The SMILES string of the molecule is CC(=O)Nc1ccc(S(=O)(=O)N2CC(Nc3nc(N)nc4[nH]ncc34)Cc3ccccc32)cc1. The first-order valence-electron chi connectivity index (χ1n) is 10.5. The Labute approximate surface area is 195 Å². The van der Waals surface area contributed by atoms with Crippen LogP contribution in [0.5, 0.6) is 0 Å². The largest absolute Gasteiger partial charge is 0.368 e. The summed E-state index contributed by atoms with van der Waals surface area (Å²) in [6, 6.07) is 13.2. The van der Waals surface area contributed by atoms with Crippen LogP contribution < -0.4 is 20.7 Å². The number of nitrogen functional groups attached to an aromatic ring is 1. The third kappa shape index (κ3) is 3.99. The van der Waals surface area contributed by atoms with Crippen molar-refractivity contribution in [3.8, 4) is 0 Å². The number of H-pyrrole nitrogens is 1. The van der Waals surface area contributed by atoms with Crippen LogP contribution in [0.3, 0.4) is 0 Å². The quantitative estimate of drug-likeness (QED) is 0.339. The zero-order valence-electron chi connectivity index (χ0n) is 18.2. The summed E-state index contributed by atoms with van der Waals surface area (Å²) in [6.07, 6.45) is 2.19. The summed E-state index contributed by atoms with van der Waals surface area (Å²) < 4.78 is 28.7. The highest BCUT2D eigenvalue weighted by Gasteiger charge is 2.33. The fraction of sp³-hybridized carbons (Fsp3) is 0.182. The van der Waals surface area contributed by atoms with Gasteiger partial charge < -0.3 is 16.4 Å². The predicted octanol–water partition coefficient (Wildman–Crippen LogP) is 2.13. The molecule has 2 aromatic heterocycles. The summed E-state index contributed by atoms with van der Waals surface area (Å²) in [5.74, 6) is 0.336. The van der Waals surface area contributed by atoms with Crippen molar-refractivity contribution in [3.63, 3.8) is 0 Å². The molecule has 5 N–H and O–H groups in total. The van der Waals surface area contributed by atoms with Crippen LogP contribution >= 0.6 is 0 Å². The smallest absolute Gasteiger partial charge is 0.264 e. The molecule has 0 fully saturated rings. The number of para-hydroxylation sites is 1. The number of anilines is 4. The van der Waals surface area contributed by atoms with Crippen molar-refractivity contribution < 1.29 is 13.2 Å². The van der Waals surface area contributed by atoms with Gasteiger partial charge in [-0.1, -0.05) is 18.2 Å². The summed E-state index contributed by atoms with van der Waals surface area (Å²) in [4.78, 5) is 19.8. The molecule has 4 aromatic rings. The molecule has 3 heterocycles. The molecule has 0 saturated carbocycles. The van der Waals surface area contributed by atoms with Crippen molar-refractivity contribution in [2.75, 3.05) is 27.2 Å². The number of amides is 1. The van der Waals surface area contributed by atoms with Crippen LogP contribution in [-0.2, 0) is 21.2 Å². The minimum atomic E-state index is -3.88. The van der Waals surface area contributed by atoms with Gasteiger partial charge in [0.1, 0.15) is 5.82 Å². The summed E-state index contributed by atoms with van der Waals surface area (Å²) >= 11 is 0. The second kappa shape index (κ2) is 8.30. The van der Waals surface area contributed by atoms with Crippen LogP contribution in [0.1, 0.15) is 12.5 Å². The number of nitrogens with one attached hydrogen (secondary N) is 3. The van der Waals surface area contributed by atoms with Crippen LogP contribution in [0, 0.1) is 0 Å². The van der Waals surface area contributed by atoms with Gasteiger partial charge in [0.05, 0.1) is 34.8 Å². The van der Waals surface area contributed by atoms with E-state index in [9.17, 15) is 13.2 Å². The lowest BCUT2D eigenvalue weighted by Gasteiger charge is -2.35. The van der Waals surface area contributed by atoms with Crippen LogP contribution in [0.4, 0.5) is 23.1 Å². The Balaban J connectivity index is 1.49. The van der Waals surface area contributed by atoms with E-state index in [1.54, 1.807) is 24.4 Å². The lowest BCUT2D eigenvalue weighted by Crippen LogP contribution is -2.45. The third-order valence-corrected chi connectivity index (χ3v) is 7.34. The van der Waals surface area contributed by atoms with E-state index in [-0.39, 0.29) is 29.3 Å². The molecule has 174 valence electrons. The molecule has 5 rings (SSSR count). The average Bonchev–Trinajstić information content (AvgIpc) is 3.27. The van der Waals surface area contributed by atoms with Crippen molar-refractivity contribution in [2.45, 2.75) is 24.3 Å². The lowest BCUT2D eigenvalue weighted by molar-refractivity contribution is -0.114. The van der Waals surface area contributed by atoms with E-state index in [0.717, 1.165) is 5.56 Å². The van der Waals surface area contributed by atoms with E-state index < -0.39 is 10.0 Å². The summed E-state index contributed by atoms with van der Waals surface area (Å²) in [7, 11) is -3.88. The van der Waals surface area contributed by atoms with Gasteiger partial charge >= 0.3 is 0 Å². The number of rotatable bonds is 5. The van der Waals surface area contributed by atoms with Gasteiger partial charge in [-0.15, -0.1) is 0 Å². The fourth-order valence-corrected chi connectivity index (χ4v) is 5.62. The number of sulfonamides is 1. The maximum absolute atomic E-state index is 13.7. The number of hydrogen-bond donors (Lipinski definition) is 4. The monoisotopic (exact) mass is 478 g/mol. The first-order valence-corrected chi connectivity index (χ1v) is 12.0. The molecule has 2 aromatic carbocycles. The number of carbonyl (C=O) groups is 1. The molecule has 1 aliphatic rings. The normalized spacial score (nSPS) is 15.7. The van der Waals surface area contributed by atoms with Crippen molar-refractivity contribution in [1.82, 2.24) is 20.2 Å². The van der Waals surface area contributed by atoms with Crippen molar-refractivity contribution in [1.29, 1.82) is 0 Å². The highest BCUT2D eigenvalue weighted by Crippen LogP contribution is 2.33. The van der Waals surface area contributed by atoms with Crippen LogP contribution in [0.25, 0.3) is 11.0 Å². The molecular weight excluding hydrogens is 456 g/mol. The van der Waals surface area contributed by atoms with Crippen LogP contribution in [0.2, 0.25) is 0 Å². The van der Waals surface area contributed by atoms with Crippen LogP contribution in [0.15, 0.2) is 59.6 Å². The van der Waals surface area contributed by atoms with Crippen molar-refractivity contribution in [3.05, 3.63) is 60.3 Å². The molecule has 1 atom stereocenters. The van der Waals surface area contributed by atoms with Gasteiger partial charge in [0, 0.05) is 12.6 Å². The summed E-state index contributed by atoms with van der Waals surface area (Å²) in [5.41, 5.74) is 8.37. The van der Waals surface area contributed by atoms with E-state index in [1.807, 2.05) is 18.2 Å². The molecule has 11 nitrogen and oxygen atoms in total. The number of fused-ring (bicyclic) bond motifs is 2. The van der Waals surface area contributed by atoms with E-state index in [1.165, 1.54) is 23.4 Å². The molecule has 1 unspecified atom stereocenters. The highest BCUT2D eigenvalue weighted by molar-refractivity contribution is 7.92. The molecule has 1 aliphatic heterocycles. The van der Waals surface area contributed by atoms with Gasteiger partial charge in [-0.2, -0.15) is 15.1 Å². The Bertz CT molecular complexity index is 1480. The maximum Gasteiger partial charge on any atom is 0.264 e. The Morgan fingerprint density at radius 3 is 2.68 bits per heavy atom. The second-order valence-electron chi connectivity index (χ2n) is 7.98. The molecule has 0 spiro atoms. The van der Waals surface area contributed by atoms with Gasteiger partial charge in [0.15, 0.2) is 5.65 Å². The van der Waals surface area contributed by atoms with Crippen molar-refractivity contribution >= 4 is 50.1 Å². The number of aromatic amines is 1. The number of hydrogen-bond acceptors (Lipinski definition) is 8. The molecule has 0 bridgehead atoms. The van der Waals surface area contributed by atoms with E-state index in [0.29, 0.717) is 34.6 Å². The molecule has 0 saturated heterocycles. The third-order valence-electron chi connectivity index (χ3n) is 5.54. The first-order chi connectivity index (χ1) is 16.3. The zero-order chi connectivity index (χ0) is 23.9. The molecule has 1 amide bonds. The van der Waals surface area contributed by atoms with E-state index in [2.05, 4.69) is 30.8 Å². The van der Waals surface area contributed by atoms with Crippen molar-refractivity contribution in [2.24, 2.45) is 0 Å². The highest BCUT2D eigenvalue weighted by atomic mass is 32.2. The second-order valence-corrected chi connectivity index (χ2v) is 9.84.